The van der Waals surface area contributed by atoms with E-state index in [1.165, 1.54) is 45.4 Å². The summed E-state index contributed by atoms with van der Waals surface area (Å²) in [6.45, 7) is 9.29. The van der Waals surface area contributed by atoms with Crippen LogP contribution in [0.25, 0.3) is 0 Å². The molecule has 1 aliphatic heterocycles. The van der Waals surface area contributed by atoms with Crippen LogP contribution in [0.2, 0.25) is 0 Å². The number of likely N-dealkylation sites (tertiary alicyclic amines) is 1. The lowest BCUT2D eigenvalue weighted by molar-refractivity contribution is 0.192. The zero-order valence-electron chi connectivity index (χ0n) is 10.3. The first-order valence-corrected chi connectivity index (χ1v) is 6.28. The molecule has 0 aliphatic carbocycles. The molecule has 1 saturated heterocycles. The first-order chi connectivity index (χ1) is 7.36. The predicted octanol–water partition coefficient (Wildman–Crippen LogP) is 1.34. The Bertz CT molecular complexity index is 153. The number of hydrogen-bond donors (Lipinski definition) is 1. The summed E-state index contributed by atoms with van der Waals surface area (Å²) in [4.78, 5) is 2.54. The Morgan fingerprint density at radius 2 is 2.27 bits per heavy atom. The lowest BCUT2D eigenvalue weighted by Crippen LogP contribution is -2.27. The topological polar surface area (TPSA) is 24.5 Å². The number of methoxy groups -OCH3 is 1. The second-order valence-corrected chi connectivity index (χ2v) is 4.45. The molecule has 0 aromatic rings. The van der Waals surface area contributed by atoms with Gasteiger partial charge < -0.3 is 15.0 Å². The van der Waals surface area contributed by atoms with Crippen molar-refractivity contribution in [1.82, 2.24) is 10.2 Å². The maximum Gasteiger partial charge on any atom is 0.0462 e. The minimum absolute atomic E-state index is 0.882. The molecule has 1 fully saturated rings. The lowest BCUT2D eigenvalue weighted by Gasteiger charge is -2.13. The van der Waals surface area contributed by atoms with Crippen LogP contribution >= 0.6 is 0 Å². The number of nitrogens with zero attached hydrogens (tertiary/aromatic N) is 1. The van der Waals surface area contributed by atoms with Gasteiger partial charge in [0.1, 0.15) is 0 Å². The van der Waals surface area contributed by atoms with E-state index in [9.17, 15) is 0 Å². The first-order valence-electron chi connectivity index (χ1n) is 6.28. The number of rotatable bonds is 8. The second kappa shape index (κ2) is 8.08. The van der Waals surface area contributed by atoms with Crippen LogP contribution in [0.15, 0.2) is 0 Å². The Morgan fingerprint density at radius 3 is 2.93 bits per heavy atom. The molecule has 1 heterocycles. The van der Waals surface area contributed by atoms with Crippen LogP contribution in [0.5, 0.6) is 0 Å². The largest absolute Gasteiger partial charge is 0.385 e. The highest BCUT2D eigenvalue weighted by molar-refractivity contribution is 4.76. The van der Waals surface area contributed by atoms with E-state index in [-0.39, 0.29) is 0 Å². The Balaban J connectivity index is 1.88. The Hall–Kier alpha value is -0.120. The summed E-state index contributed by atoms with van der Waals surface area (Å²) in [6.07, 6.45) is 3.78. The number of nitrogens with one attached hydrogen (secondary N) is 1. The number of hydrogen-bond acceptors (Lipinski definition) is 3. The number of ether oxygens (including phenoxy) is 1. The molecule has 90 valence electrons. The molecule has 15 heavy (non-hydrogen) atoms. The third kappa shape index (κ3) is 5.50. The van der Waals surface area contributed by atoms with Crippen LogP contribution < -0.4 is 5.32 Å². The Kier molecular flexibility index (Phi) is 6.98. The van der Waals surface area contributed by atoms with Gasteiger partial charge in [-0.2, -0.15) is 0 Å². The molecule has 0 radical (unpaired) electrons. The highest BCUT2D eigenvalue weighted by atomic mass is 16.5. The fourth-order valence-corrected chi connectivity index (χ4v) is 2.17. The lowest BCUT2D eigenvalue weighted by atomic mass is 10.1. The molecule has 0 aromatic carbocycles. The molecular weight excluding hydrogens is 188 g/mol. The van der Waals surface area contributed by atoms with Gasteiger partial charge in [0.25, 0.3) is 0 Å². The molecule has 0 bridgehead atoms. The van der Waals surface area contributed by atoms with Crippen molar-refractivity contribution in [3.05, 3.63) is 0 Å². The van der Waals surface area contributed by atoms with E-state index in [0.29, 0.717) is 0 Å². The maximum atomic E-state index is 5.02. The van der Waals surface area contributed by atoms with Crippen molar-refractivity contribution >= 4 is 0 Å². The van der Waals surface area contributed by atoms with E-state index < -0.39 is 0 Å². The normalized spacial score (nSPS) is 22.4. The minimum Gasteiger partial charge on any atom is -0.385 e. The fourth-order valence-electron chi connectivity index (χ4n) is 2.17. The molecule has 0 aromatic heterocycles. The Labute approximate surface area is 94.2 Å². The van der Waals surface area contributed by atoms with Gasteiger partial charge in [-0.25, -0.2) is 0 Å². The van der Waals surface area contributed by atoms with E-state index in [2.05, 4.69) is 17.1 Å². The highest BCUT2D eigenvalue weighted by Crippen LogP contribution is 2.14. The highest BCUT2D eigenvalue weighted by Gasteiger charge is 2.19. The van der Waals surface area contributed by atoms with Crippen LogP contribution in [0.4, 0.5) is 0 Å². The van der Waals surface area contributed by atoms with E-state index in [4.69, 9.17) is 4.74 Å². The van der Waals surface area contributed by atoms with Gasteiger partial charge in [-0.3, -0.25) is 0 Å². The van der Waals surface area contributed by atoms with E-state index >= 15 is 0 Å². The summed E-state index contributed by atoms with van der Waals surface area (Å²) in [6, 6.07) is 0. The smallest absolute Gasteiger partial charge is 0.0462 e. The zero-order valence-corrected chi connectivity index (χ0v) is 10.3. The van der Waals surface area contributed by atoms with Gasteiger partial charge in [-0.15, -0.1) is 0 Å². The van der Waals surface area contributed by atoms with Crippen LogP contribution in [0.3, 0.4) is 0 Å². The monoisotopic (exact) mass is 214 g/mol. The van der Waals surface area contributed by atoms with Crippen LogP contribution in [0.1, 0.15) is 26.2 Å². The molecule has 3 nitrogen and oxygen atoms in total. The average Bonchev–Trinajstić information content (AvgIpc) is 2.71. The molecule has 1 unspecified atom stereocenters. The van der Waals surface area contributed by atoms with E-state index in [0.717, 1.165) is 19.1 Å². The molecule has 1 rings (SSSR count). The molecule has 3 heteroatoms. The van der Waals surface area contributed by atoms with Crippen LogP contribution in [-0.2, 0) is 4.74 Å². The van der Waals surface area contributed by atoms with Gasteiger partial charge in [-0.1, -0.05) is 6.92 Å². The van der Waals surface area contributed by atoms with Crippen molar-refractivity contribution < 1.29 is 4.74 Å². The van der Waals surface area contributed by atoms with Crippen molar-refractivity contribution in [2.75, 3.05) is 46.4 Å². The first kappa shape index (κ1) is 12.9. The molecule has 1 aliphatic rings. The van der Waals surface area contributed by atoms with Gasteiger partial charge in [0.2, 0.25) is 0 Å². The fraction of sp³-hybridized carbons (Fsp3) is 1.00. The summed E-state index contributed by atoms with van der Waals surface area (Å²) < 4.78 is 5.02. The van der Waals surface area contributed by atoms with Crippen molar-refractivity contribution in [2.24, 2.45) is 5.92 Å². The summed E-state index contributed by atoms with van der Waals surface area (Å²) >= 11 is 0. The van der Waals surface area contributed by atoms with Crippen molar-refractivity contribution in [2.45, 2.75) is 26.2 Å². The standard InChI is InChI=1S/C12H26N2O/c1-3-14-8-6-12(11-14)10-13-7-4-5-9-15-2/h12-13H,3-11H2,1-2H3. The van der Waals surface area contributed by atoms with Crippen molar-refractivity contribution in [1.29, 1.82) is 0 Å². The SMILES string of the molecule is CCN1CCC(CNCCCCOC)C1. The summed E-state index contributed by atoms with van der Waals surface area (Å²) in [5.41, 5.74) is 0. The van der Waals surface area contributed by atoms with Gasteiger partial charge in [0.15, 0.2) is 0 Å². The number of unbranched alkanes of at least 4 members (excludes halogenated alkanes) is 1. The third-order valence-corrected chi connectivity index (χ3v) is 3.20. The molecule has 0 spiro atoms. The van der Waals surface area contributed by atoms with Crippen LogP contribution in [-0.4, -0.2) is 51.3 Å². The van der Waals surface area contributed by atoms with E-state index in [1.54, 1.807) is 7.11 Å². The minimum atomic E-state index is 0.882. The van der Waals surface area contributed by atoms with Crippen molar-refractivity contribution in [3.63, 3.8) is 0 Å². The Morgan fingerprint density at radius 1 is 1.40 bits per heavy atom. The van der Waals surface area contributed by atoms with Crippen molar-refractivity contribution in [3.8, 4) is 0 Å². The maximum absolute atomic E-state index is 5.02. The second-order valence-electron chi connectivity index (χ2n) is 4.45. The zero-order chi connectivity index (χ0) is 10.9. The van der Waals surface area contributed by atoms with Crippen LogP contribution in [0, 0.1) is 5.92 Å². The summed E-state index contributed by atoms with van der Waals surface area (Å²) in [5.74, 6) is 0.882. The van der Waals surface area contributed by atoms with Gasteiger partial charge in [0, 0.05) is 20.3 Å². The quantitative estimate of drug-likeness (QED) is 0.617. The van der Waals surface area contributed by atoms with E-state index in [1.807, 2.05) is 0 Å². The molecule has 1 N–H and O–H groups in total. The molecule has 0 amide bonds. The van der Waals surface area contributed by atoms with Gasteiger partial charge >= 0.3 is 0 Å². The summed E-state index contributed by atoms with van der Waals surface area (Å²) in [5, 5.41) is 3.55. The predicted molar refractivity (Wildman–Crippen MR) is 64.2 cm³/mol. The molecule has 0 saturated carbocycles. The molecule has 1 atom stereocenters. The third-order valence-electron chi connectivity index (χ3n) is 3.20. The average molecular weight is 214 g/mol. The summed E-state index contributed by atoms with van der Waals surface area (Å²) in [7, 11) is 1.77. The van der Waals surface area contributed by atoms with Gasteiger partial charge in [0.05, 0.1) is 0 Å². The molecular formula is C12H26N2O. The van der Waals surface area contributed by atoms with Gasteiger partial charge in [-0.05, 0) is 51.4 Å².